The molecule has 0 spiro atoms. The molecule has 1 atom stereocenters. The molecule has 0 radical (unpaired) electrons. The number of carbonyl (C=O) groups is 1. The lowest BCUT2D eigenvalue weighted by Gasteiger charge is -2.10. The Morgan fingerprint density at radius 3 is 3.00 bits per heavy atom. The number of rotatable bonds is 5. The Morgan fingerprint density at radius 2 is 2.43 bits per heavy atom. The van der Waals surface area contributed by atoms with E-state index in [-0.39, 0.29) is 11.7 Å². The molecule has 78 valence electrons. The molecule has 0 amide bonds. The van der Waals surface area contributed by atoms with Crippen LogP contribution in [0, 0.1) is 5.92 Å². The number of nitrogens with one attached hydrogen (secondary N) is 1. The second kappa shape index (κ2) is 4.91. The molecule has 1 aromatic rings. The van der Waals surface area contributed by atoms with Crippen LogP contribution in [0.4, 0.5) is 0 Å². The number of aryl methyl sites for hydroxylation is 1. The number of carbonyl (C=O) groups excluding carboxylic acids is 1. The van der Waals surface area contributed by atoms with Gasteiger partial charge >= 0.3 is 0 Å². The van der Waals surface area contributed by atoms with Gasteiger partial charge in [-0.05, 0) is 20.0 Å². The molecule has 1 aromatic heterocycles. The predicted octanol–water partition coefficient (Wildman–Crippen LogP) is 0.941. The van der Waals surface area contributed by atoms with E-state index < -0.39 is 0 Å². The molecule has 1 N–H and O–H groups in total. The molecule has 1 heterocycles. The van der Waals surface area contributed by atoms with Gasteiger partial charge in [-0.15, -0.1) is 0 Å². The zero-order valence-electron chi connectivity index (χ0n) is 8.95. The van der Waals surface area contributed by atoms with Crippen molar-refractivity contribution >= 4 is 5.78 Å². The van der Waals surface area contributed by atoms with E-state index in [1.165, 1.54) is 0 Å². The molecule has 1 rings (SSSR count). The first kappa shape index (κ1) is 10.9. The lowest BCUT2D eigenvalue weighted by Crippen LogP contribution is -2.25. The highest BCUT2D eigenvalue weighted by atomic mass is 16.1. The molecule has 0 bridgehead atoms. The fourth-order valence-electron chi connectivity index (χ4n) is 1.45. The zero-order chi connectivity index (χ0) is 10.6. The normalized spacial score (nSPS) is 12.8. The van der Waals surface area contributed by atoms with E-state index in [1.54, 1.807) is 16.9 Å². The average molecular weight is 195 g/mol. The molecule has 0 aromatic carbocycles. The Balaban J connectivity index is 2.78. The minimum Gasteiger partial charge on any atom is -0.319 e. The monoisotopic (exact) mass is 195 g/mol. The van der Waals surface area contributed by atoms with Crippen molar-refractivity contribution < 1.29 is 4.79 Å². The minimum atomic E-state index is 0.00185. The second-order valence-electron chi connectivity index (χ2n) is 3.36. The Kier molecular flexibility index (Phi) is 3.83. The molecule has 4 heteroatoms. The van der Waals surface area contributed by atoms with E-state index in [1.807, 2.05) is 20.9 Å². The molecule has 0 aliphatic heterocycles. The summed E-state index contributed by atoms with van der Waals surface area (Å²) in [6.07, 6.45) is 1.67. The van der Waals surface area contributed by atoms with E-state index in [9.17, 15) is 4.79 Å². The van der Waals surface area contributed by atoms with Crippen LogP contribution in [-0.2, 0) is 6.54 Å². The molecule has 14 heavy (non-hydrogen) atoms. The van der Waals surface area contributed by atoms with Crippen molar-refractivity contribution in [3.8, 4) is 0 Å². The highest BCUT2D eigenvalue weighted by Crippen LogP contribution is 2.07. The lowest BCUT2D eigenvalue weighted by molar-refractivity contribution is 0.0919. The van der Waals surface area contributed by atoms with Gasteiger partial charge in [-0.25, -0.2) is 0 Å². The number of hydrogen-bond donors (Lipinski definition) is 1. The van der Waals surface area contributed by atoms with Gasteiger partial charge in [-0.3, -0.25) is 9.48 Å². The third-order valence-corrected chi connectivity index (χ3v) is 2.23. The second-order valence-corrected chi connectivity index (χ2v) is 3.36. The molecular formula is C10H17N3O. The molecule has 0 fully saturated rings. The van der Waals surface area contributed by atoms with Crippen molar-refractivity contribution in [2.45, 2.75) is 20.4 Å². The highest BCUT2D eigenvalue weighted by Gasteiger charge is 2.17. The molecule has 0 saturated carbocycles. The van der Waals surface area contributed by atoms with Gasteiger partial charge < -0.3 is 5.32 Å². The Hall–Kier alpha value is -1.16. The molecule has 0 saturated heterocycles. The number of aromatic nitrogens is 2. The van der Waals surface area contributed by atoms with E-state index in [0.717, 1.165) is 6.54 Å². The van der Waals surface area contributed by atoms with E-state index in [2.05, 4.69) is 10.4 Å². The maximum absolute atomic E-state index is 11.9. The van der Waals surface area contributed by atoms with Gasteiger partial charge in [-0.1, -0.05) is 6.92 Å². The first-order valence-corrected chi connectivity index (χ1v) is 4.91. The fourth-order valence-corrected chi connectivity index (χ4v) is 1.45. The molecule has 0 aliphatic carbocycles. The van der Waals surface area contributed by atoms with Crippen molar-refractivity contribution in [1.82, 2.24) is 15.1 Å². The Bertz CT molecular complexity index is 306. The third-order valence-electron chi connectivity index (χ3n) is 2.23. The van der Waals surface area contributed by atoms with Gasteiger partial charge in [0.15, 0.2) is 5.78 Å². The van der Waals surface area contributed by atoms with E-state index in [4.69, 9.17) is 0 Å². The summed E-state index contributed by atoms with van der Waals surface area (Å²) in [5, 5.41) is 7.07. The van der Waals surface area contributed by atoms with Crippen LogP contribution in [0.15, 0.2) is 12.3 Å². The van der Waals surface area contributed by atoms with Crippen LogP contribution in [-0.4, -0.2) is 29.2 Å². The standard InChI is InChI=1S/C10H17N3O/c1-4-13-9(5-6-12-13)10(14)8(2)7-11-3/h5-6,8,11H,4,7H2,1-3H3. The summed E-state index contributed by atoms with van der Waals surface area (Å²) in [6.45, 7) is 5.34. The third kappa shape index (κ3) is 2.20. The largest absolute Gasteiger partial charge is 0.319 e. The summed E-state index contributed by atoms with van der Waals surface area (Å²) in [4.78, 5) is 11.9. The SMILES string of the molecule is CCn1nccc1C(=O)C(C)CNC. The zero-order valence-corrected chi connectivity index (χ0v) is 8.95. The van der Waals surface area contributed by atoms with Crippen LogP contribution in [0.5, 0.6) is 0 Å². The van der Waals surface area contributed by atoms with Gasteiger partial charge in [0.25, 0.3) is 0 Å². The van der Waals surface area contributed by atoms with Crippen molar-refractivity contribution in [3.63, 3.8) is 0 Å². The first-order valence-electron chi connectivity index (χ1n) is 4.91. The first-order chi connectivity index (χ1) is 6.70. The average Bonchev–Trinajstić information content (AvgIpc) is 2.64. The predicted molar refractivity (Wildman–Crippen MR) is 55.3 cm³/mol. The Labute approximate surface area is 84.3 Å². The molecule has 1 unspecified atom stereocenters. The van der Waals surface area contributed by atoms with Crippen LogP contribution in [0.1, 0.15) is 24.3 Å². The lowest BCUT2D eigenvalue weighted by atomic mass is 10.0. The Morgan fingerprint density at radius 1 is 1.71 bits per heavy atom. The summed E-state index contributed by atoms with van der Waals surface area (Å²) in [7, 11) is 1.85. The minimum absolute atomic E-state index is 0.00185. The van der Waals surface area contributed by atoms with E-state index >= 15 is 0 Å². The topological polar surface area (TPSA) is 46.9 Å². The van der Waals surface area contributed by atoms with Crippen LogP contribution in [0.3, 0.4) is 0 Å². The van der Waals surface area contributed by atoms with E-state index in [0.29, 0.717) is 12.2 Å². The van der Waals surface area contributed by atoms with Crippen molar-refractivity contribution in [2.75, 3.05) is 13.6 Å². The number of nitrogens with zero attached hydrogens (tertiary/aromatic N) is 2. The quantitative estimate of drug-likeness (QED) is 0.711. The van der Waals surface area contributed by atoms with Gasteiger partial charge in [0.05, 0.1) is 0 Å². The number of Topliss-reactive ketones (excluding diaryl/α,β-unsaturated/α-hetero) is 1. The maximum Gasteiger partial charge on any atom is 0.184 e. The van der Waals surface area contributed by atoms with Crippen molar-refractivity contribution in [3.05, 3.63) is 18.0 Å². The molecule has 4 nitrogen and oxygen atoms in total. The van der Waals surface area contributed by atoms with Gasteiger partial charge in [0, 0.05) is 25.2 Å². The number of ketones is 1. The highest BCUT2D eigenvalue weighted by molar-refractivity contribution is 5.96. The molecular weight excluding hydrogens is 178 g/mol. The fraction of sp³-hybridized carbons (Fsp3) is 0.600. The van der Waals surface area contributed by atoms with Gasteiger partial charge in [0.1, 0.15) is 5.69 Å². The van der Waals surface area contributed by atoms with Crippen molar-refractivity contribution in [1.29, 1.82) is 0 Å². The van der Waals surface area contributed by atoms with Crippen molar-refractivity contribution in [2.24, 2.45) is 5.92 Å². The van der Waals surface area contributed by atoms with Crippen LogP contribution < -0.4 is 5.32 Å². The van der Waals surface area contributed by atoms with Gasteiger partial charge in [-0.2, -0.15) is 5.10 Å². The smallest absolute Gasteiger partial charge is 0.184 e. The van der Waals surface area contributed by atoms with Gasteiger partial charge in [0.2, 0.25) is 0 Å². The number of hydrogen-bond acceptors (Lipinski definition) is 3. The summed E-state index contributed by atoms with van der Waals surface area (Å²) in [5.74, 6) is 0.153. The maximum atomic E-state index is 11.9. The summed E-state index contributed by atoms with van der Waals surface area (Å²) < 4.78 is 1.73. The van der Waals surface area contributed by atoms with Crippen LogP contribution >= 0.6 is 0 Å². The van der Waals surface area contributed by atoms with Crippen LogP contribution in [0.2, 0.25) is 0 Å². The molecule has 0 aliphatic rings. The summed E-state index contributed by atoms with van der Waals surface area (Å²) >= 11 is 0. The van der Waals surface area contributed by atoms with Crippen LogP contribution in [0.25, 0.3) is 0 Å². The summed E-state index contributed by atoms with van der Waals surface area (Å²) in [5.41, 5.74) is 0.704. The summed E-state index contributed by atoms with van der Waals surface area (Å²) in [6, 6.07) is 1.78.